The Morgan fingerprint density at radius 2 is 2.17 bits per heavy atom. The van der Waals surface area contributed by atoms with Gasteiger partial charge in [-0.05, 0) is 24.6 Å². The van der Waals surface area contributed by atoms with Crippen LogP contribution in [0.25, 0.3) is 10.4 Å². The van der Waals surface area contributed by atoms with Crippen LogP contribution >= 0.6 is 11.3 Å². The van der Waals surface area contributed by atoms with Crippen LogP contribution in [0.2, 0.25) is 0 Å². The molecule has 0 amide bonds. The summed E-state index contributed by atoms with van der Waals surface area (Å²) in [7, 11) is 1.99. The molecular weight excluding hydrogens is 242 g/mol. The average Bonchev–Trinajstić information content (AvgIpc) is 2.92. The van der Waals surface area contributed by atoms with E-state index in [9.17, 15) is 0 Å². The van der Waals surface area contributed by atoms with Crippen LogP contribution in [0.3, 0.4) is 0 Å². The van der Waals surface area contributed by atoms with Crippen LogP contribution in [0.4, 0.5) is 0 Å². The van der Waals surface area contributed by atoms with Crippen LogP contribution in [-0.4, -0.2) is 16.3 Å². The summed E-state index contributed by atoms with van der Waals surface area (Å²) in [6.07, 6.45) is 2.12. The predicted molar refractivity (Wildman–Crippen MR) is 78.0 cm³/mol. The van der Waals surface area contributed by atoms with E-state index >= 15 is 0 Å². The van der Waals surface area contributed by atoms with Crippen molar-refractivity contribution in [3.8, 4) is 10.4 Å². The maximum Gasteiger partial charge on any atom is 0.0736 e. The molecule has 0 spiro atoms. The lowest BCUT2D eigenvalue weighted by Crippen LogP contribution is -2.10. The minimum atomic E-state index is 0.459. The normalized spacial score (nSPS) is 11.4. The molecule has 2 rings (SSSR count). The van der Waals surface area contributed by atoms with Crippen molar-refractivity contribution in [2.45, 2.75) is 33.2 Å². The number of rotatable bonds is 5. The van der Waals surface area contributed by atoms with Gasteiger partial charge in [0.1, 0.15) is 0 Å². The molecule has 0 atom stereocenters. The Hall–Kier alpha value is -1.13. The standard InChI is InChI=1S/C14H21N3S/c1-5-15-8-11-6-7-13(18-11)12-9-17(4)16-14(12)10(2)3/h6-7,9-10,15H,5,8H2,1-4H3. The number of aryl methyl sites for hydroxylation is 1. The molecule has 2 aromatic rings. The number of thiophene rings is 1. The van der Waals surface area contributed by atoms with Gasteiger partial charge in [-0.15, -0.1) is 11.3 Å². The maximum absolute atomic E-state index is 4.57. The fourth-order valence-electron chi connectivity index (χ4n) is 1.99. The smallest absolute Gasteiger partial charge is 0.0736 e. The van der Waals surface area contributed by atoms with Gasteiger partial charge in [-0.25, -0.2) is 0 Å². The zero-order valence-electron chi connectivity index (χ0n) is 11.5. The van der Waals surface area contributed by atoms with Crippen molar-refractivity contribution in [1.82, 2.24) is 15.1 Å². The van der Waals surface area contributed by atoms with Crippen LogP contribution in [-0.2, 0) is 13.6 Å². The molecule has 0 fully saturated rings. The summed E-state index contributed by atoms with van der Waals surface area (Å²) in [5, 5.41) is 7.93. The van der Waals surface area contributed by atoms with Crippen LogP contribution in [0.1, 0.15) is 37.3 Å². The van der Waals surface area contributed by atoms with Crippen LogP contribution in [0.5, 0.6) is 0 Å². The van der Waals surface area contributed by atoms with Crippen LogP contribution < -0.4 is 5.32 Å². The van der Waals surface area contributed by atoms with Gasteiger partial charge in [0.25, 0.3) is 0 Å². The van der Waals surface area contributed by atoms with Gasteiger partial charge in [-0.2, -0.15) is 5.10 Å². The highest BCUT2D eigenvalue weighted by Crippen LogP contribution is 2.33. The molecule has 98 valence electrons. The Balaban J connectivity index is 2.28. The van der Waals surface area contributed by atoms with Gasteiger partial charge >= 0.3 is 0 Å². The third kappa shape index (κ3) is 2.82. The number of hydrogen-bond acceptors (Lipinski definition) is 3. The molecule has 0 aromatic carbocycles. The number of nitrogens with one attached hydrogen (secondary N) is 1. The van der Waals surface area contributed by atoms with Crippen molar-refractivity contribution < 1.29 is 0 Å². The van der Waals surface area contributed by atoms with Gasteiger partial charge in [-0.3, -0.25) is 4.68 Å². The van der Waals surface area contributed by atoms with Crippen molar-refractivity contribution in [3.05, 3.63) is 28.9 Å². The summed E-state index contributed by atoms with van der Waals surface area (Å²) in [4.78, 5) is 2.70. The van der Waals surface area contributed by atoms with E-state index in [0.29, 0.717) is 5.92 Å². The van der Waals surface area contributed by atoms with Gasteiger partial charge in [0.15, 0.2) is 0 Å². The van der Waals surface area contributed by atoms with Gasteiger partial charge in [0, 0.05) is 35.1 Å². The average molecular weight is 263 g/mol. The highest BCUT2D eigenvalue weighted by Gasteiger charge is 2.14. The minimum absolute atomic E-state index is 0.459. The first-order valence-corrected chi connectivity index (χ1v) is 7.26. The van der Waals surface area contributed by atoms with E-state index in [1.807, 2.05) is 23.1 Å². The Bertz CT molecular complexity index is 511. The SMILES string of the molecule is CCNCc1ccc(-c2cn(C)nc2C(C)C)s1. The molecule has 0 aliphatic rings. The van der Waals surface area contributed by atoms with Crippen molar-refractivity contribution in [2.75, 3.05) is 6.54 Å². The highest BCUT2D eigenvalue weighted by atomic mass is 32.1. The van der Waals surface area contributed by atoms with Crippen molar-refractivity contribution >= 4 is 11.3 Å². The van der Waals surface area contributed by atoms with Gasteiger partial charge in [0.05, 0.1) is 5.69 Å². The molecule has 1 N–H and O–H groups in total. The first-order valence-electron chi connectivity index (χ1n) is 6.45. The lowest BCUT2D eigenvalue weighted by atomic mass is 10.1. The van der Waals surface area contributed by atoms with E-state index in [1.54, 1.807) is 0 Å². The molecule has 0 bridgehead atoms. The zero-order valence-corrected chi connectivity index (χ0v) is 12.3. The Labute approximate surface area is 113 Å². The highest BCUT2D eigenvalue weighted by molar-refractivity contribution is 7.15. The van der Waals surface area contributed by atoms with Crippen LogP contribution in [0.15, 0.2) is 18.3 Å². The molecule has 0 saturated heterocycles. The Morgan fingerprint density at radius 1 is 1.39 bits per heavy atom. The second-order valence-corrected chi connectivity index (χ2v) is 5.97. The van der Waals surface area contributed by atoms with Crippen LogP contribution in [0, 0.1) is 0 Å². The minimum Gasteiger partial charge on any atom is -0.312 e. The fourth-order valence-corrected chi connectivity index (χ4v) is 2.98. The Kier molecular flexibility index (Phi) is 4.19. The zero-order chi connectivity index (χ0) is 13.1. The maximum atomic E-state index is 4.57. The quantitative estimate of drug-likeness (QED) is 0.896. The molecule has 4 heteroatoms. The molecular formula is C14H21N3S. The van der Waals surface area contributed by atoms with Crippen molar-refractivity contribution in [2.24, 2.45) is 7.05 Å². The summed E-state index contributed by atoms with van der Waals surface area (Å²) >= 11 is 1.85. The summed E-state index contributed by atoms with van der Waals surface area (Å²) in [5.74, 6) is 0.459. The number of nitrogens with zero attached hydrogens (tertiary/aromatic N) is 2. The van der Waals surface area contributed by atoms with E-state index in [4.69, 9.17) is 0 Å². The van der Waals surface area contributed by atoms with E-state index in [0.717, 1.165) is 13.1 Å². The fraction of sp³-hybridized carbons (Fsp3) is 0.500. The number of aromatic nitrogens is 2. The third-order valence-electron chi connectivity index (χ3n) is 2.88. The second kappa shape index (κ2) is 5.67. The van der Waals surface area contributed by atoms with Crippen molar-refractivity contribution in [1.29, 1.82) is 0 Å². The third-order valence-corrected chi connectivity index (χ3v) is 4.00. The number of hydrogen-bond donors (Lipinski definition) is 1. The Morgan fingerprint density at radius 3 is 2.83 bits per heavy atom. The predicted octanol–water partition coefficient (Wildman–Crippen LogP) is 3.38. The van der Waals surface area contributed by atoms with E-state index in [-0.39, 0.29) is 0 Å². The molecule has 0 unspecified atom stereocenters. The molecule has 2 aromatic heterocycles. The topological polar surface area (TPSA) is 29.9 Å². The van der Waals surface area contributed by atoms with Gasteiger partial charge in [-0.1, -0.05) is 20.8 Å². The van der Waals surface area contributed by atoms with Crippen molar-refractivity contribution in [3.63, 3.8) is 0 Å². The first-order chi connectivity index (χ1) is 8.61. The molecule has 0 radical (unpaired) electrons. The molecule has 0 aliphatic carbocycles. The van der Waals surface area contributed by atoms with Gasteiger partial charge in [0.2, 0.25) is 0 Å². The molecule has 18 heavy (non-hydrogen) atoms. The van der Waals surface area contributed by atoms with Gasteiger partial charge < -0.3 is 5.32 Å². The van der Waals surface area contributed by atoms with E-state index in [1.165, 1.54) is 21.0 Å². The molecule has 3 nitrogen and oxygen atoms in total. The summed E-state index contributed by atoms with van der Waals surface area (Å²) in [5.41, 5.74) is 2.47. The summed E-state index contributed by atoms with van der Waals surface area (Å²) in [6, 6.07) is 4.42. The lowest BCUT2D eigenvalue weighted by Gasteiger charge is -2.02. The second-order valence-electron chi connectivity index (χ2n) is 4.80. The summed E-state index contributed by atoms with van der Waals surface area (Å²) < 4.78 is 1.91. The largest absolute Gasteiger partial charge is 0.312 e. The summed E-state index contributed by atoms with van der Waals surface area (Å²) in [6.45, 7) is 8.49. The molecule has 0 aliphatic heterocycles. The van der Waals surface area contributed by atoms with E-state index < -0.39 is 0 Å². The molecule has 0 saturated carbocycles. The molecule has 2 heterocycles. The first kappa shape index (κ1) is 13.3. The lowest BCUT2D eigenvalue weighted by molar-refractivity contribution is 0.713. The van der Waals surface area contributed by atoms with E-state index in [2.05, 4.69) is 49.5 Å². The monoisotopic (exact) mass is 263 g/mol.